The van der Waals surface area contributed by atoms with Gasteiger partial charge in [0, 0.05) is 5.02 Å². The molecular formula is C22H31Cl. The molecule has 0 unspecified atom stereocenters. The van der Waals surface area contributed by atoms with E-state index in [1.165, 1.54) is 69.8 Å². The van der Waals surface area contributed by atoms with Crippen LogP contribution in [0.1, 0.15) is 75.7 Å². The number of hydrogen-bond donors (Lipinski definition) is 0. The van der Waals surface area contributed by atoms with Gasteiger partial charge >= 0.3 is 0 Å². The van der Waals surface area contributed by atoms with Gasteiger partial charge in [-0.2, -0.15) is 0 Å². The van der Waals surface area contributed by atoms with E-state index in [4.69, 9.17) is 11.6 Å². The summed E-state index contributed by atoms with van der Waals surface area (Å²) in [4.78, 5) is 0. The zero-order chi connectivity index (χ0) is 16.1. The molecule has 3 rings (SSSR count). The van der Waals surface area contributed by atoms with Crippen LogP contribution in [0.5, 0.6) is 0 Å². The van der Waals surface area contributed by atoms with Gasteiger partial charge in [0.15, 0.2) is 0 Å². The molecule has 0 radical (unpaired) electrons. The highest BCUT2D eigenvalue weighted by Gasteiger charge is 2.24. The van der Waals surface area contributed by atoms with Crippen LogP contribution in [0.25, 0.3) is 0 Å². The van der Waals surface area contributed by atoms with Crippen molar-refractivity contribution >= 4 is 11.6 Å². The van der Waals surface area contributed by atoms with Crippen LogP contribution >= 0.6 is 11.6 Å². The van der Waals surface area contributed by atoms with E-state index in [1.54, 1.807) is 0 Å². The normalized spacial score (nSPS) is 31.7. The van der Waals surface area contributed by atoms with Crippen LogP contribution in [0.15, 0.2) is 36.9 Å². The summed E-state index contributed by atoms with van der Waals surface area (Å²) in [5, 5.41) is 0.855. The summed E-state index contributed by atoms with van der Waals surface area (Å²) in [6.45, 7) is 3.96. The summed E-state index contributed by atoms with van der Waals surface area (Å²) in [6, 6.07) is 8.54. The minimum Gasteiger partial charge on any atom is -0.103 e. The average Bonchev–Trinajstić information content (AvgIpc) is 2.61. The first-order chi connectivity index (χ1) is 11.2. The SMILES string of the molecule is C=C[C@H]1CC[C@H](CC[C@H]2CC[C@H](c3ccc(Cl)cc3)CC2)CC1. The highest BCUT2D eigenvalue weighted by atomic mass is 35.5. The number of halogens is 1. The second-order valence-electron chi connectivity index (χ2n) is 7.86. The maximum atomic E-state index is 6.00. The van der Waals surface area contributed by atoms with Gasteiger partial charge in [-0.3, -0.25) is 0 Å². The van der Waals surface area contributed by atoms with Crippen LogP contribution in [-0.4, -0.2) is 0 Å². The van der Waals surface area contributed by atoms with Gasteiger partial charge in [-0.15, -0.1) is 6.58 Å². The second kappa shape index (κ2) is 8.38. The molecular weight excluding hydrogens is 300 g/mol. The number of hydrogen-bond acceptors (Lipinski definition) is 0. The molecule has 0 nitrogen and oxygen atoms in total. The van der Waals surface area contributed by atoms with Crippen LogP contribution < -0.4 is 0 Å². The van der Waals surface area contributed by atoms with E-state index in [0.29, 0.717) is 0 Å². The Hall–Kier alpha value is -0.750. The monoisotopic (exact) mass is 330 g/mol. The van der Waals surface area contributed by atoms with E-state index < -0.39 is 0 Å². The molecule has 0 atom stereocenters. The van der Waals surface area contributed by atoms with Gasteiger partial charge in [0.1, 0.15) is 0 Å². The summed E-state index contributed by atoms with van der Waals surface area (Å²) < 4.78 is 0. The Bertz CT molecular complexity index is 473. The van der Waals surface area contributed by atoms with Crippen molar-refractivity contribution < 1.29 is 0 Å². The molecule has 1 aromatic carbocycles. The van der Waals surface area contributed by atoms with Gasteiger partial charge in [0.25, 0.3) is 0 Å². The predicted octanol–water partition coefficient (Wildman–Crippen LogP) is 7.39. The van der Waals surface area contributed by atoms with Crippen LogP contribution in [0.4, 0.5) is 0 Å². The Labute approximate surface area is 147 Å². The third-order valence-electron chi connectivity index (χ3n) is 6.40. The topological polar surface area (TPSA) is 0 Å². The highest BCUT2D eigenvalue weighted by molar-refractivity contribution is 6.30. The lowest BCUT2D eigenvalue weighted by Gasteiger charge is -2.31. The fraction of sp³-hybridized carbons (Fsp3) is 0.636. The Balaban J connectivity index is 1.38. The first kappa shape index (κ1) is 17.1. The molecule has 1 heteroatoms. The molecule has 0 saturated heterocycles. The van der Waals surface area contributed by atoms with Crippen LogP contribution in [0, 0.1) is 17.8 Å². The minimum absolute atomic E-state index is 0.770. The van der Waals surface area contributed by atoms with Gasteiger partial charge in [-0.1, -0.05) is 42.7 Å². The zero-order valence-corrected chi connectivity index (χ0v) is 15.1. The maximum absolute atomic E-state index is 6.00. The Morgan fingerprint density at radius 2 is 1.35 bits per heavy atom. The summed E-state index contributed by atoms with van der Waals surface area (Å²) in [6.07, 6.45) is 16.4. The van der Waals surface area contributed by atoms with Crippen molar-refractivity contribution in [3.63, 3.8) is 0 Å². The standard InChI is InChI=1S/C22H31Cl/c1-2-17-3-5-18(6-4-17)7-8-19-9-11-20(12-10-19)21-13-15-22(23)16-14-21/h2,13-20H,1,3-12H2/t17-,18-,19-,20-. The summed E-state index contributed by atoms with van der Waals surface area (Å²) >= 11 is 6.00. The average molecular weight is 331 g/mol. The lowest BCUT2D eigenvalue weighted by atomic mass is 9.74. The zero-order valence-electron chi connectivity index (χ0n) is 14.4. The molecule has 0 heterocycles. The number of rotatable bonds is 5. The molecule has 126 valence electrons. The van der Waals surface area contributed by atoms with Crippen LogP contribution in [0.2, 0.25) is 5.02 Å². The molecule has 0 amide bonds. The van der Waals surface area contributed by atoms with E-state index in [2.05, 4.69) is 24.8 Å². The smallest absolute Gasteiger partial charge is 0.0406 e. The lowest BCUT2D eigenvalue weighted by molar-refractivity contribution is 0.246. The minimum atomic E-state index is 0.770. The van der Waals surface area contributed by atoms with Crippen molar-refractivity contribution in [3.8, 4) is 0 Å². The summed E-state index contributed by atoms with van der Waals surface area (Å²) in [5.74, 6) is 3.56. The van der Waals surface area contributed by atoms with Crippen molar-refractivity contribution in [2.75, 3.05) is 0 Å². The molecule has 0 bridgehead atoms. The molecule has 2 saturated carbocycles. The van der Waals surface area contributed by atoms with Crippen molar-refractivity contribution in [2.45, 2.75) is 70.1 Å². The Kier molecular flexibility index (Phi) is 6.22. The molecule has 0 N–H and O–H groups in total. The molecule has 2 aliphatic rings. The van der Waals surface area contributed by atoms with Gasteiger partial charge in [0.2, 0.25) is 0 Å². The first-order valence-electron chi connectivity index (χ1n) is 9.62. The first-order valence-corrected chi connectivity index (χ1v) is 10.0. The summed E-state index contributed by atoms with van der Waals surface area (Å²) in [5.41, 5.74) is 1.50. The van der Waals surface area contributed by atoms with Crippen LogP contribution in [0.3, 0.4) is 0 Å². The molecule has 0 aromatic heterocycles. The van der Waals surface area contributed by atoms with Gasteiger partial charge < -0.3 is 0 Å². The lowest BCUT2D eigenvalue weighted by Crippen LogP contribution is -2.17. The summed E-state index contributed by atoms with van der Waals surface area (Å²) in [7, 11) is 0. The van der Waals surface area contributed by atoms with Crippen molar-refractivity contribution in [3.05, 3.63) is 47.5 Å². The van der Waals surface area contributed by atoms with Crippen molar-refractivity contribution in [1.82, 2.24) is 0 Å². The van der Waals surface area contributed by atoms with Crippen LogP contribution in [-0.2, 0) is 0 Å². The molecule has 2 fully saturated rings. The van der Waals surface area contributed by atoms with E-state index in [1.807, 2.05) is 12.1 Å². The van der Waals surface area contributed by atoms with Crippen molar-refractivity contribution in [2.24, 2.45) is 17.8 Å². The molecule has 23 heavy (non-hydrogen) atoms. The highest BCUT2D eigenvalue weighted by Crippen LogP contribution is 2.40. The quantitative estimate of drug-likeness (QED) is 0.494. The fourth-order valence-electron chi connectivity index (χ4n) is 4.70. The van der Waals surface area contributed by atoms with E-state index in [0.717, 1.165) is 28.7 Å². The largest absolute Gasteiger partial charge is 0.103 e. The van der Waals surface area contributed by atoms with E-state index in [-0.39, 0.29) is 0 Å². The molecule has 0 aliphatic heterocycles. The maximum Gasteiger partial charge on any atom is 0.0406 e. The Morgan fingerprint density at radius 3 is 1.87 bits per heavy atom. The third-order valence-corrected chi connectivity index (χ3v) is 6.65. The van der Waals surface area contributed by atoms with Crippen molar-refractivity contribution in [1.29, 1.82) is 0 Å². The van der Waals surface area contributed by atoms with E-state index in [9.17, 15) is 0 Å². The number of benzene rings is 1. The van der Waals surface area contributed by atoms with Gasteiger partial charge in [0.05, 0.1) is 0 Å². The molecule has 0 spiro atoms. The second-order valence-corrected chi connectivity index (χ2v) is 8.30. The number of allylic oxidation sites excluding steroid dienone is 1. The van der Waals surface area contributed by atoms with Gasteiger partial charge in [-0.25, -0.2) is 0 Å². The van der Waals surface area contributed by atoms with Gasteiger partial charge in [-0.05, 0) is 92.7 Å². The fourth-order valence-corrected chi connectivity index (χ4v) is 4.83. The molecule has 2 aliphatic carbocycles. The Morgan fingerprint density at radius 1 is 0.826 bits per heavy atom. The van der Waals surface area contributed by atoms with E-state index >= 15 is 0 Å². The predicted molar refractivity (Wildman–Crippen MR) is 101 cm³/mol. The molecule has 1 aromatic rings. The third kappa shape index (κ3) is 4.86.